The van der Waals surface area contributed by atoms with Crippen LogP contribution in [-0.4, -0.2) is 33.6 Å². The highest BCUT2D eigenvalue weighted by Gasteiger charge is 2.40. The fourth-order valence-corrected chi connectivity index (χ4v) is 2.20. The van der Waals surface area contributed by atoms with Crippen LogP contribution in [0.3, 0.4) is 0 Å². The monoisotopic (exact) mass is 188 g/mol. The van der Waals surface area contributed by atoms with Gasteiger partial charge in [0.05, 0.1) is 12.7 Å². The molecule has 3 nitrogen and oxygen atoms in total. The maximum atomic E-state index is 10.0. The van der Waals surface area contributed by atoms with Crippen LogP contribution < -0.4 is 0 Å². The summed E-state index contributed by atoms with van der Waals surface area (Å²) in [6.07, 6.45) is 4.39. The summed E-state index contributed by atoms with van der Waals surface area (Å²) < 4.78 is 0. The fraction of sp³-hybridized carbons (Fsp3) is 1.00. The molecule has 78 valence electrons. The zero-order valence-electron chi connectivity index (χ0n) is 8.24. The van der Waals surface area contributed by atoms with Gasteiger partial charge in [-0.15, -0.1) is 0 Å². The number of hydrogen-bond donors (Lipinski definition) is 3. The highest BCUT2D eigenvalue weighted by atomic mass is 16.4. The maximum absolute atomic E-state index is 10.0. The van der Waals surface area contributed by atoms with E-state index in [2.05, 4.69) is 0 Å². The summed E-state index contributed by atoms with van der Waals surface area (Å²) >= 11 is 0. The Balaban J connectivity index is 2.62. The molecule has 0 spiro atoms. The van der Waals surface area contributed by atoms with Crippen molar-refractivity contribution in [3.05, 3.63) is 0 Å². The summed E-state index contributed by atoms with van der Waals surface area (Å²) in [5.41, 5.74) is -1.28. The van der Waals surface area contributed by atoms with Gasteiger partial charge in [-0.25, -0.2) is 0 Å². The summed E-state index contributed by atoms with van der Waals surface area (Å²) in [7, 11) is 0. The second-order valence-electron chi connectivity index (χ2n) is 4.16. The van der Waals surface area contributed by atoms with Crippen LogP contribution in [0.4, 0.5) is 0 Å². The van der Waals surface area contributed by atoms with Gasteiger partial charge in [0.15, 0.2) is 0 Å². The highest BCUT2D eigenvalue weighted by Crippen LogP contribution is 2.34. The zero-order valence-corrected chi connectivity index (χ0v) is 8.24. The first-order valence-corrected chi connectivity index (χ1v) is 5.12. The fourth-order valence-electron chi connectivity index (χ4n) is 2.20. The van der Waals surface area contributed by atoms with Crippen LogP contribution >= 0.6 is 0 Å². The molecule has 0 amide bonds. The summed E-state index contributed by atoms with van der Waals surface area (Å²) in [6.45, 7) is 1.21. The van der Waals surface area contributed by atoms with E-state index < -0.39 is 11.7 Å². The molecule has 0 radical (unpaired) electrons. The van der Waals surface area contributed by atoms with E-state index in [4.69, 9.17) is 5.11 Å². The van der Waals surface area contributed by atoms with Crippen molar-refractivity contribution >= 4 is 0 Å². The highest BCUT2D eigenvalue weighted by molar-refractivity contribution is 4.91. The molecule has 3 N–H and O–H groups in total. The Morgan fingerprint density at radius 1 is 1.31 bits per heavy atom. The zero-order chi connectivity index (χ0) is 9.90. The molecular formula is C10H20O3. The molecule has 2 unspecified atom stereocenters. The van der Waals surface area contributed by atoms with Gasteiger partial charge in [-0.1, -0.05) is 19.3 Å². The van der Waals surface area contributed by atoms with Gasteiger partial charge < -0.3 is 15.3 Å². The molecule has 0 aromatic heterocycles. The quantitative estimate of drug-likeness (QED) is 0.610. The number of aliphatic hydroxyl groups is 3. The van der Waals surface area contributed by atoms with Crippen molar-refractivity contribution in [1.82, 2.24) is 0 Å². The van der Waals surface area contributed by atoms with Crippen molar-refractivity contribution in [1.29, 1.82) is 0 Å². The van der Waals surface area contributed by atoms with E-state index >= 15 is 0 Å². The average molecular weight is 188 g/mol. The normalized spacial score (nSPS) is 26.8. The van der Waals surface area contributed by atoms with Gasteiger partial charge in [-0.2, -0.15) is 0 Å². The Morgan fingerprint density at radius 3 is 2.23 bits per heavy atom. The molecule has 0 aromatic rings. The molecule has 3 heteroatoms. The molecule has 0 saturated heterocycles. The Labute approximate surface area is 79.4 Å². The largest absolute Gasteiger partial charge is 0.393 e. The van der Waals surface area contributed by atoms with Crippen LogP contribution in [0.25, 0.3) is 0 Å². The summed E-state index contributed by atoms with van der Waals surface area (Å²) in [5, 5.41) is 28.5. The standard InChI is InChI=1S/C10H20O3/c1-8(12)10(13,7-11)9-5-3-2-4-6-9/h8-9,11-13H,2-7H2,1H3. The summed E-state index contributed by atoms with van der Waals surface area (Å²) in [5.74, 6) is 0.0613. The van der Waals surface area contributed by atoms with Gasteiger partial charge in [0.1, 0.15) is 5.60 Å². The van der Waals surface area contributed by atoms with E-state index in [0.717, 1.165) is 25.7 Å². The predicted molar refractivity (Wildman–Crippen MR) is 50.3 cm³/mol. The molecule has 1 saturated carbocycles. The lowest BCUT2D eigenvalue weighted by Crippen LogP contribution is -2.51. The van der Waals surface area contributed by atoms with Crippen LogP contribution in [0.15, 0.2) is 0 Å². The first-order chi connectivity index (χ1) is 6.11. The van der Waals surface area contributed by atoms with Gasteiger partial charge in [-0.05, 0) is 25.7 Å². The molecule has 0 aromatic carbocycles. The summed E-state index contributed by atoms with van der Waals surface area (Å²) in [4.78, 5) is 0. The Hall–Kier alpha value is -0.120. The van der Waals surface area contributed by atoms with E-state index in [0.29, 0.717) is 0 Å². The van der Waals surface area contributed by atoms with Crippen LogP contribution in [0.2, 0.25) is 0 Å². The molecular weight excluding hydrogens is 168 g/mol. The van der Waals surface area contributed by atoms with E-state index in [-0.39, 0.29) is 12.5 Å². The number of hydrogen-bond acceptors (Lipinski definition) is 3. The lowest BCUT2D eigenvalue weighted by Gasteiger charge is -2.39. The SMILES string of the molecule is CC(O)C(O)(CO)C1CCCCC1. The third-order valence-corrected chi connectivity index (χ3v) is 3.29. The van der Waals surface area contributed by atoms with Gasteiger partial charge >= 0.3 is 0 Å². The smallest absolute Gasteiger partial charge is 0.116 e. The van der Waals surface area contributed by atoms with Crippen molar-refractivity contribution in [3.63, 3.8) is 0 Å². The Morgan fingerprint density at radius 2 is 1.85 bits per heavy atom. The molecule has 0 heterocycles. The second-order valence-corrected chi connectivity index (χ2v) is 4.16. The van der Waals surface area contributed by atoms with E-state index in [1.165, 1.54) is 6.42 Å². The average Bonchev–Trinajstić information content (AvgIpc) is 2.17. The van der Waals surface area contributed by atoms with Crippen molar-refractivity contribution in [2.45, 2.75) is 50.7 Å². The topological polar surface area (TPSA) is 60.7 Å². The van der Waals surface area contributed by atoms with Gasteiger partial charge in [0, 0.05) is 0 Å². The molecule has 1 aliphatic rings. The molecule has 13 heavy (non-hydrogen) atoms. The first kappa shape index (κ1) is 11.0. The second kappa shape index (κ2) is 4.40. The van der Waals surface area contributed by atoms with Crippen molar-refractivity contribution in [2.24, 2.45) is 5.92 Å². The van der Waals surface area contributed by atoms with Gasteiger partial charge in [0.2, 0.25) is 0 Å². The molecule has 0 bridgehead atoms. The van der Waals surface area contributed by atoms with Crippen LogP contribution in [-0.2, 0) is 0 Å². The van der Waals surface area contributed by atoms with Gasteiger partial charge in [0.25, 0.3) is 0 Å². The lowest BCUT2D eigenvalue weighted by molar-refractivity contribution is -0.141. The van der Waals surface area contributed by atoms with Crippen molar-refractivity contribution < 1.29 is 15.3 Å². The Kier molecular flexibility index (Phi) is 3.71. The molecule has 1 aliphatic carbocycles. The molecule has 1 fully saturated rings. The lowest BCUT2D eigenvalue weighted by atomic mass is 9.75. The third kappa shape index (κ3) is 2.22. The Bertz CT molecular complexity index is 152. The minimum atomic E-state index is -1.28. The maximum Gasteiger partial charge on any atom is 0.116 e. The first-order valence-electron chi connectivity index (χ1n) is 5.12. The van der Waals surface area contributed by atoms with E-state index in [1.54, 1.807) is 6.92 Å². The molecule has 0 aliphatic heterocycles. The minimum Gasteiger partial charge on any atom is -0.393 e. The van der Waals surface area contributed by atoms with Crippen LogP contribution in [0.5, 0.6) is 0 Å². The van der Waals surface area contributed by atoms with Crippen molar-refractivity contribution in [3.8, 4) is 0 Å². The minimum absolute atomic E-state index is 0.0613. The van der Waals surface area contributed by atoms with Gasteiger partial charge in [-0.3, -0.25) is 0 Å². The number of rotatable bonds is 3. The van der Waals surface area contributed by atoms with Crippen molar-refractivity contribution in [2.75, 3.05) is 6.61 Å². The summed E-state index contributed by atoms with van der Waals surface area (Å²) in [6, 6.07) is 0. The molecule has 1 rings (SSSR count). The van der Waals surface area contributed by atoms with E-state index in [1.807, 2.05) is 0 Å². The molecule has 2 atom stereocenters. The third-order valence-electron chi connectivity index (χ3n) is 3.29. The van der Waals surface area contributed by atoms with Crippen LogP contribution in [0, 0.1) is 5.92 Å². The number of aliphatic hydroxyl groups excluding tert-OH is 2. The van der Waals surface area contributed by atoms with Crippen LogP contribution in [0.1, 0.15) is 39.0 Å². The van der Waals surface area contributed by atoms with E-state index in [9.17, 15) is 10.2 Å². The predicted octanol–water partition coefficient (Wildman–Crippen LogP) is 0.671.